The molecule has 3 atom stereocenters. The van der Waals surface area contributed by atoms with Crippen LogP contribution in [0.1, 0.15) is 66.0 Å². The Labute approximate surface area is 211 Å². The molecule has 0 saturated carbocycles. The molecular weight excluding hydrogens is 458 g/mol. The number of aromatic nitrogens is 2. The van der Waals surface area contributed by atoms with Crippen molar-refractivity contribution in [2.45, 2.75) is 62.3 Å². The minimum absolute atomic E-state index is 0.272. The van der Waals surface area contributed by atoms with Gasteiger partial charge in [-0.05, 0) is 55.9 Å². The van der Waals surface area contributed by atoms with Crippen LogP contribution in [0.15, 0.2) is 42.6 Å². The second-order valence-corrected chi connectivity index (χ2v) is 10.4. The molecule has 36 heavy (non-hydrogen) atoms. The van der Waals surface area contributed by atoms with Gasteiger partial charge in [-0.25, -0.2) is 4.98 Å². The number of aryl methyl sites for hydroxylation is 1. The van der Waals surface area contributed by atoms with E-state index < -0.39 is 16.8 Å². The number of carbonyl (C=O) groups excluding carboxylic acids is 1. The van der Waals surface area contributed by atoms with E-state index in [9.17, 15) is 9.90 Å². The van der Waals surface area contributed by atoms with Gasteiger partial charge in [-0.1, -0.05) is 24.3 Å². The summed E-state index contributed by atoms with van der Waals surface area (Å²) in [6.07, 6.45) is 12.9. The van der Waals surface area contributed by atoms with E-state index in [1.807, 2.05) is 37.3 Å². The molecule has 8 nitrogen and oxygen atoms in total. The number of imidazole rings is 1. The van der Waals surface area contributed by atoms with Crippen LogP contribution in [0.25, 0.3) is 5.57 Å². The van der Waals surface area contributed by atoms with Crippen molar-refractivity contribution in [1.82, 2.24) is 9.97 Å². The zero-order valence-electron chi connectivity index (χ0n) is 21.2. The Kier molecular flexibility index (Phi) is 6.63. The lowest BCUT2D eigenvalue weighted by atomic mass is 9.74. The second kappa shape index (κ2) is 9.59. The van der Waals surface area contributed by atoms with E-state index in [-0.39, 0.29) is 11.7 Å². The molecule has 1 fully saturated rings. The molecule has 192 valence electrons. The zero-order chi connectivity index (χ0) is 25.4. The van der Waals surface area contributed by atoms with Crippen LogP contribution in [0.2, 0.25) is 0 Å². The van der Waals surface area contributed by atoms with Gasteiger partial charge >= 0.3 is 0 Å². The summed E-state index contributed by atoms with van der Waals surface area (Å²) in [5, 5.41) is 15.2. The van der Waals surface area contributed by atoms with Gasteiger partial charge in [0.15, 0.2) is 5.82 Å². The molecule has 1 amide bonds. The average molecular weight is 494 g/mol. The number of nitrogens with one attached hydrogen (secondary N) is 2. The number of fused-ring (bicyclic) bond motifs is 2. The molecular formula is C28H35N3O5. The number of carbonyl (C=O) groups is 1. The molecule has 3 aliphatic rings. The highest BCUT2D eigenvalue weighted by Crippen LogP contribution is 2.52. The van der Waals surface area contributed by atoms with E-state index in [1.54, 1.807) is 20.4 Å². The number of methoxy groups -OCH3 is 2. The molecule has 1 saturated heterocycles. The molecule has 3 heterocycles. The first-order chi connectivity index (χ1) is 17.3. The summed E-state index contributed by atoms with van der Waals surface area (Å²) in [5.74, 6) is -0.0208. The lowest BCUT2D eigenvalue weighted by molar-refractivity contribution is -0.225. The lowest BCUT2D eigenvalue weighted by Crippen LogP contribution is -2.55. The highest BCUT2D eigenvalue weighted by Gasteiger charge is 2.57. The summed E-state index contributed by atoms with van der Waals surface area (Å²) in [6.45, 7) is 2.52. The van der Waals surface area contributed by atoms with Gasteiger partial charge in [-0.2, -0.15) is 0 Å². The van der Waals surface area contributed by atoms with E-state index >= 15 is 0 Å². The van der Waals surface area contributed by atoms with Gasteiger partial charge in [0.25, 0.3) is 5.91 Å². The van der Waals surface area contributed by atoms with E-state index in [0.717, 1.165) is 42.5 Å². The molecule has 8 heteroatoms. The van der Waals surface area contributed by atoms with Crippen LogP contribution in [-0.2, 0) is 19.8 Å². The number of nitrogens with zero attached hydrogens (tertiary/aromatic N) is 1. The molecule has 0 unspecified atom stereocenters. The zero-order valence-corrected chi connectivity index (χ0v) is 21.2. The van der Waals surface area contributed by atoms with Gasteiger partial charge in [0.1, 0.15) is 11.2 Å². The maximum absolute atomic E-state index is 12.9. The minimum Gasteiger partial charge on any atom is -0.385 e. The van der Waals surface area contributed by atoms with Crippen LogP contribution < -0.4 is 5.32 Å². The SMILES string of the molecule is COC[C@@]12C=C[C@@](COC)(C[C@](O)(c3ccc(NC(=O)c4nc(C)c[nH]4)c(C4=CCCCC4)c3)C1)O2. The summed E-state index contributed by atoms with van der Waals surface area (Å²) >= 11 is 0. The molecule has 5 rings (SSSR count). The molecule has 1 aliphatic carbocycles. The topological polar surface area (TPSA) is 106 Å². The highest BCUT2D eigenvalue weighted by atomic mass is 16.6. The van der Waals surface area contributed by atoms with Gasteiger partial charge in [-0.15, -0.1) is 0 Å². The fourth-order valence-corrected chi connectivity index (χ4v) is 5.97. The van der Waals surface area contributed by atoms with Crippen molar-refractivity contribution in [3.63, 3.8) is 0 Å². The van der Waals surface area contributed by atoms with Gasteiger partial charge in [-0.3, -0.25) is 4.79 Å². The van der Waals surface area contributed by atoms with Crippen LogP contribution in [0.4, 0.5) is 5.69 Å². The van der Waals surface area contributed by atoms with Crippen LogP contribution in [0.3, 0.4) is 0 Å². The van der Waals surface area contributed by atoms with Gasteiger partial charge in [0, 0.05) is 44.5 Å². The number of anilines is 1. The quantitative estimate of drug-likeness (QED) is 0.475. The van der Waals surface area contributed by atoms with Crippen LogP contribution in [-0.4, -0.2) is 59.6 Å². The molecule has 1 aromatic carbocycles. The maximum atomic E-state index is 12.9. The smallest absolute Gasteiger partial charge is 0.291 e. The average Bonchev–Trinajstić information content (AvgIpc) is 3.41. The molecule has 2 aliphatic heterocycles. The van der Waals surface area contributed by atoms with Crippen molar-refractivity contribution in [2.75, 3.05) is 32.8 Å². The Morgan fingerprint density at radius 3 is 2.47 bits per heavy atom. The van der Waals surface area contributed by atoms with Crippen molar-refractivity contribution in [3.8, 4) is 0 Å². The van der Waals surface area contributed by atoms with Crippen molar-refractivity contribution < 1.29 is 24.1 Å². The van der Waals surface area contributed by atoms with Crippen LogP contribution in [0.5, 0.6) is 0 Å². The lowest BCUT2D eigenvalue weighted by Gasteiger charge is -2.48. The molecule has 0 radical (unpaired) electrons. The Hall–Kier alpha value is -2.78. The highest BCUT2D eigenvalue weighted by molar-refractivity contribution is 6.03. The summed E-state index contributed by atoms with van der Waals surface area (Å²) < 4.78 is 17.4. The number of H-pyrrole nitrogens is 1. The van der Waals surface area contributed by atoms with Crippen molar-refractivity contribution in [2.24, 2.45) is 0 Å². The summed E-state index contributed by atoms with van der Waals surface area (Å²) in [6, 6.07) is 5.83. The van der Waals surface area contributed by atoms with Crippen molar-refractivity contribution in [1.29, 1.82) is 0 Å². The fourth-order valence-electron chi connectivity index (χ4n) is 5.97. The van der Waals surface area contributed by atoms with E-state index in [1.165, 1.54) is 5.57 Å². The largest absolute Gasteiger partial charge is 0.385 e. The first-order valence-electron chi connectivity index (χ1n) is 12.6. The number of aliphatic hydroxyl groups is 1. The monoisotopic (exact) mass is 493 g/mol. The van der Waals surface area contributed by atoms with E-state index in [4.69, 9.17) is 14.2 Å². The number of allylic oxidation sites excluding steroid dienone is 2. The fraction of sp³-hybridized carbons (Fsp3) is 0.500. The van der Waals surface area contributed by atoms with Crippen LogP contribution in [0, 0.1) is 6.92 Å². The number of aromatic amines is 1. The van der Waals surface area contributed by atoms with E-state index in [0.29, 0.717) is 31.7 Å². The molecule has 0 spiro atoms. The molecule has 2 aromatic rings. The summed E-state index contributed by atoms with van der Waals surface area (Å²) in [5.41, 5.74) is 1.76. The number of rotatable bonds is 8. The number of hydrogen-bond donors (Lipinski definition) is 3. The number of amides is 1. The standard InChI is InChI=1S/C28H35N3O5/c1-19-14-29-24(30-19)25(32)31-23-10-9-21(13-22(23)20-7-5-4-6-8-20)28(33)15-26(17-34-2)11-12-27(16-28,36-26)18-35-3/h7,9-14,33H,4-6,8,15-18H2,1-3H3,(H,29,30)(H,31,32)/t26-,27+,28+. The van der Waals surface area contributed by atoms with Gasteiger partial charge in [0.05, 0.1) is 24.5 Å². The Balaban J connectivity index is 1.52. The van der Waals surface area contributed by atoms with Crippen LogP contribution >= 0.6 is 0 Å². The van der Waals surface area contributed by atoms with Crippen molar-refractivity contribution >= 4 is 17.2 Å². The second-order valence-electron chi connectivity index (χ2n) is 10.4. The van der Waals surface area contributed by atoms with Gasteiger partial charge in [0.2, 0.25) is 0 Å². The number of benzene rings is 1. The molecule has 3 N–H and O–H groups in total. The van der Waals surface area contributed by atoms with Gasteiger partial charge < -0.3 is 29.6 Å². The Morgan fingerprint density at radius 1 is 1.17 bits per heavy atom. The number of ether oxygens (including phenoxy) is 3. The third-order valence-electron chi connectivity index (χ3n) is 7.42. The molecule has 1 aromatic heterocycles. The summed E-state index contributed by atoms with van der Waals surface area (Å²) in [7, 11) is 3.28. The Morgan fingerprint density at radius 2 is 1.89 bits per heavy atom. The Bertz CT molecular complexity index is 1180. The first kappa shape index (κ1) is 24.9. The normalized spacial score (nSPS) is 29.3. The number of hydrogen-bond acceptors (Lipinski definition) is 6. The third kappa shape index (κ3) is 4.66. The predicted octanol–water partition coefficient (Wildman–Crippen LogP) is 4.27. The predicted molar refractivity (Wildman–Crippen MR) is 137 cm³/mol. The maximum Gasteiger partial charge on any atom is 0.291 e. The third-order valence-corrected chi connectivity index (χ3v) is 7.42. The minimum atomic E-state index is -1.16. The first-order valence-corrected chi connectivity index (χ1v) is 12.6. The summed E-state index contributed by atoms with van der Waals surface area (Å²) in [4.78, 5) is 20.1. The van der Waals surface area contributed by atoms with E-state index in [2.05, 4.69) is 21.4 Å². The van der Waals surface area contributed by atoms with Crippen molar-refractivity contribution in [3.05, 3.63) is 65.3 Å². The molecule has 2 bridgehead atoms.